The van der Waals surface area contributed by atoms with Crippen molar-refractivity contribution in [3.63, 3.8) is 0 Å². The smallest absolute Gasteiger partial charge is 0.322 e. The SMILES string of the molecule is O=C(O)C1CNCCN1C1CCN(C2CC2)C1. The minimum Gasteiger partial charge on any atom is -0.480 e. The van der Waals surface area contributed by atoms with Crippen LogP contribution in [0.4, 0.5) is 0 Å². The summed E-state index contributed by atoms with van der Waals surface area (Å²) in [4.78, 5) is 16.0. The molecule has 0 bridgehead atoms. The van der Waals surface area contributed by atoms with Crippen molar-refractivity contribution in [1.29, 1.82) is 0 Å². The highest BCUT2D eigenvalue weighted by molar-refractivity contribution is 5.74. The van der Waals surface area contributed by atoms with Gasteiger partial charge in [0.2, 0.25) is 0 Å². The summed E-state index contributed by atoms with van der Waals surface area (Å²) < 4.78 is 0. The molecule has 3 aliphatic rings. The van der Waals surface area contributed by atoms with Crippen LogP contribution in [0.3, 0.4) is 0 Å². The predicted octanol–water partition coefficient (Wildman–Crippen LogP) is -0.418. The number of likely N-dealkylation sites (tertiary alicyclic amines) is 1. The summed E-state index contributed by atoms with van der Waals surface area (Å²) in [5, 5.41) is 12.4. The van der Waals surface area contributed by atoms with Crippen LogP contribution in [-0.2, 0) is 4.79 Å². The van der Waals surface area contributed by atoms with E-state index in [0.717, 1.165) is 38.6 Å². The number of carboxylic acid groups (broad SMARTS) is 1. The van der Waals surface area contributed by atoms with E-state index in [2.05, 4.69) is 15.1 Å². The molecule has 0 aromatic carbocycles. The second-order valence-electron chi connectivity index (χ2n) is 5.46. The van der Waals surface area contributed by atoms with E-state index in [-0.39, 0.29) is 6.04 Å². The number of piperazine rings is 1. The Labute approximate surface area is 102 Å². The summed E-state index contributed by atoms with van der Waals surface area (Å²) in [5.74, 6) is -0.679. The van der Waals surface area contributed by atoms with Gasteiger partial charge in [-0.2, -0.15) is 0 Å². The summed E-state index contributed by atoms with van der Waals surface area (Å²) >= 11 is 0. The number of hydrogen-bond donors (Lipinski definition) is 2. The first-order valence-corrected chi connectivity index (χ1v) is 6.69. The van der Waals surface area contributed by atoms with Crippen LogP contribution >= 0.6 is 0 Å². The highest BCUT2D eigenvalue weighted by Gasteiger charge is 2.40. The second kappa shape index (κ2) is 4.55. The number of rotatable bonds is 3. The molecule has 0 aromatic heterocycles. The molecule has 2 saturated heterocycles. The molecular weight excluding hydrogens is 218 g/mol. The molecule has 2 heterocycles. The zero-order chi connectivity index (χ0) is 11.8. The molecule has 17 heavy (non-hydrogen) atoms. The Morgan fingerprint density at radius 2 is 2.00 bits per heavy atom. The molecule has 5 heteroatoms. The van der Waals surface area contributed by atoms with Crippen LogP contribution in [-0.4, -0.2) is 71.7 Å². The number of carboxylic acids is 1. The zero-order valence-electron chi connectivity index (χ0n) is 10.1. The van der Waals surface area contributed by atoms with E-state index in [9.17, 15) is 9.90 Å². The van der Waals surface area contributed by atoms with Crippen molar-refractivity contribution in [2.45, 2.75) is 37.4 Å². The highest BCUT2D eigenvalue weighted by Crippen LogP contribution is 2.31. The van der Waals surface area contributed by atoms with Crippen LogP contribution in [0.5, 0.6) is 0 Å². The van der Waals surface area contributed by atoms with Crippen LogP contribution in [0.1, 0.15) is 19.3 Å². The van der Waals surface area contributed by atoms with E-state index in [1.54, 1.807) is 0 Å². The van der Waals surface area contributed by atoms with Crippen molar-refractivity contribution in [2.24, 2.45) is 0 Å². The Morgan fingerprint density at radius 3 is 2.71 bits per heavy atom. The molecule has 2 atom stereocenters. The van der Waals surface area contributed by atoms with E-state index in [1.165, 1.54) is 12.8 Å². The molecule has 3 rings (SSSR count). The molecule has 96 valence electrons. The normalized spacial score (nSPS) is 36.2. The van der Waals surface area contributed by atoms with E-state index in [0.29, 0.717) is 12.6 Å². The largest absolute Gasteiger partial charge is 0.480 e. The fraction of sp³-hybridized carbons (Fsp3) is 0.917. The van der Waals surface area contributed by atoms with Crippen molar-refractivity contribution in [2.75, 3.05) is 32.7 Å². The Balaban J connectivity index is 1.63. The van der Waals surface area contributed by atoms with E-state index < -0.39 is 5.97 Å². The first-order chi connectivity index (χ1) is 8.25. The average Bonchev–Trinajstić information content (AvgIpc) is 3.07. The van der Waals surface area contributed by atoms with Gasteiger partial charge in [-0.1, -0.05) is 0 Å². The first kappa shape index (κ1) is 11.4. The van der Waals surface area contributed by atoms with Crippen LogP contribution in [0, 0.1) is 0 Å². The summed E-state index contributed by atoms with van der Waals surface area (Å²) in [5.41, 5.74) is 0. The van der Waals surface area contributed by atoms with Crippen molar-refractivity contribution in [3.05, 3.63) is 0 Å². The summed E-state index contributed by atoms with van der Waals surface area (Å²) in [6, 6.07) is 0.942. The van der Waals surface area contributed by atoms with Gasteiger partial charge in [0.25, 0.3) is 0 Å². The molecule has 0 spiro atoms. The fourth-order valence-corrected chi connectivity index (χ4v) is 3.20. The third-order valence-electron chi connectivity index (χ3n) is 4.30. The number of carbonyl (C=O) groups is 1. The maximum atomic E-state index is 11.3. The first-order valence-electron chi connectivity index (χ1n) is 6.69. The number of nitrogens with one attached hydrogen (secondary N) is 1. The molecule has 0 aromatic rings. The number of nitrogens with zero attached hydrogens (tertiary/aromatic N) is 2. The lowest BCUT2D eigenvalue weighted by Crippen LogP contribution is -2.58. The number of aliphatic carboxylic acids is 1. The second-order valence-corrected chi connectivity index (χ2v) is 5.46. The average molecular weight is 239 g/mol. The standard InChI is InChI=1S/C12H21N3O2/c16-12(17)11-7-13-4-6-15(11)10-3-5-14(8-10)9-1-2-9/h9-11,13H,1-8H2,(H,16,17). The van der Waals surface area contributed by atoms with Crippen LogP contribution < -0.4 is 5.32 Å². The minimum atomic E-state index is -0.679. The highest BCUT2D eigenvalue weighted by atomic mass is 16.4. The quantitative estimate of drug-likeness (QED) is 0.701. The molecule has 3 fully saturated rings. The molecule has 1 saturated carbocycles. The van der Waals surface area contributed by atoms with Gasteiger partial charge in [0.1, 0.15) is 6.04 Å². The summed E-state index contributed by atoms with van der Waals surface area (Å²) in [7, 11) is 0. The fourth-order valence-electron chi connectivity index (χ4n) is 3.20. The van der Waals surface area contributed by atoms with E-state index >= 15 is 0 Å². The molecule has 0 amide bonds. The molecule has 1 aliphatic carbocycles. The molecule has 2 unspecified atom stereocenters. The van der Waals surface area contributed by atoms with E-state index in [1.807, 2.05) is 0 Å². The van der Waals surface area contributed by atoms with Crippen LogP contribution in [0.2, 0.25) is 0 Å². The monoisotopic (exact) mass is 239 g/mol. The predicted molar refractivity (Wildman–Crippen MR) is 64.0 cm³/mol. The molecular formula is C12H21N3O2. The lowest BCUT2D eigenvalue weighted by molar-refractivity contribution is -0.145. The Morgan fingerprint density at radius 1 is 1.18 bits per heavy atom. The molecule has 2 N–H and O–H groups in total. The van der Waals surface area contributed by atoms with Crippen LogP contribution in [0.15, 0.2) is 0 Å². The Kier molecular flexibility index (Phi) is 3.06. The van der Waals surface area contributed by atoms with Crippen molar-refractivity contribution in [1.82, 2.24) is 15.1 Å². The summed E-state index contributed by atoms with van der Waals surface area (Å²) in [6.07, 6.45) is 3.83. The van der Waals surface area contributed by atoms with Gasteiger partial charge in [-0.05, 0) is 19.3 Å². The van der Waals surface area contributed by atoms with Gasteiger partial charge in [0.05, 0.1) is 0 Å². The van der Waals surface area contributed by atoms with Crippen LogP contribution in [0.25, 0.3) is 0 Å². The van der Waals surface area contributed by atoms with Gasteiger partial charge in [0.15, 0.2) is 0 Å². The molecule has 0 radical (unpaired) electrons. The van der Waals surface area contributed by atoms with Gasteiger partial charge < -0.3 is 10.4 Å². The lowest BCUT2D eigenvalue weighted by atomic mass is 10.1. The van der Waals surface area contributed by atoms with Gasteiger partial charge >= 0.3 is 5.97 Å². The lowest BCUT2D eigenvalue weighted by Gasteiger charge is -2.37. The minimum absolute atomic E-state index is 0.326. The maximum Gasteiger partial charge on any atom is 0.322 e. The molecule has 2 aliphatic heterocycles. The van der Waals surface area contributed by atoms with Gasteiger partial charge in [0, 0.05) is 44.8 Å². The summed E-state index contributed by atoms with van der Waals surface area (Å²) in [6.45, 7) is 4.62. The van der Waals surface area contributed by atoms with Gasteiger partial charge in [-0.3, -0.25) is 14.6 Å². The van der Waals surface area contributed by atoms with Crippen molar-refractivity contribution >= 4 is 5.97 Å². The maximum absolute atomic E-state index is 11.3. The van der Waals surface area contributed by atoms with Crippen molar-refractivity contribution in [3.8, 4) is 0 Å². The number of hydrogen-bond acceptors (Lipinski definition) is 4. The third kappa shape index (κ3) is 2.32. The van der Waals surface area contributed by atoms with E-state index in [4.69, 9.17) is 0 Å². The third-order valence-corrected chi connectivity index (χ3v) is 4.30. The Bertz CT molecular complexity index is 306. The zero-order valence-corrected chi connectivity index (χ0v) is 10.1. The van der Waals surface area contributed by atoms with Crippen molar-refractivity contribution < 1.29 is 9.90 Å². The van der Waals surface area contributed by atoms with Gasteiger partial charge in [-0.15, -0.1) is 0 Å². The van der Waals surface area contributed by atoms with Gasteiger partial charge in [-0.25, -0.2) is 0 Å². The molecule has 5 nitrogen and oxygen atoms in total. The Hall–Kier alpha value is -0.650. The topological polar surface area (TPSA) is 55.8 Å².